The predicted molar refractivity (Wildman–Crippen MR) is 75.0 cm³/mol. The number of carboxylic acid groups (broad SMARTS) is 1. The quantitative estimate of drug-likeness (QED) is 0.893. The summed E-state index contributed by atoms with van der Waals surface area (Å²) in [6, 6.07) is 4.82. The average Bonchev–Trinajstić information content (AvgIpc) is 2.63. The second-order valence-electron chi connectivity index (χ2n) is 4.74. The van der Waals surface area contributed by atoms with Crippen LogP contribution in [0.3, 0.4) is 0 Å². The van der Waals surface area contributed by atoms with E-state index in [1.165, 1.54) is 23.5 Å². The number of aromatic carboxylic acids is 1. The number of carbonyl (C=O) groups is 1. The molecular weight excluding hydrogens is 301 g/mol. The summed E-state index contributed by atoms with van der Waals surface area (Å²) in [5, 5.41) is 9.25. The first kappa shape index (κ1) is 15.6. The predicted octanol–water partition coefficient (Wildman–Crippen LogP) is 4.67. The number of rotatable bonds is 3. The van der Waals surface area contributed by atoms with E-state index in [9.17, 15) is 23.1 Å². The van der Waals surface area contributed by atoms with E-state index in [-0.39, 0.29) is 5.56 Å². The normalized spacial score (nSPS) is 11.7. The number of carboxylic acids is 1. The number of hydrogen-bond acceptors (Lipinski definition) is 2. The third kappa shape index (κ3) is 3.26. The molecule has 2 rings (SSSR count). The van der Waals surface area contributed by atoms with Crippen LogP contribution in [0, 0.1) is 13.8 Å². The molecule has 0 amide bonds. The number of aryl methyl sites for hydroxylation is 2. The van der Waals surface area contributed by atoms with E-state index < -0.39 is 17.7 Å². The molecular formula is C15H13F3O2S. The van der Waals surface area contributed by atoms with E-state index in [4.69, 9.17) is 0 Å². The van der Waals surface area contributed by atoms with Gasteiger partial charge >= 0.3 is 12.1 Å². The lowest BCUT2D eigenvalue weighted by atomic mass is 9.99. The van der Waals surface area contributed by atoms with E-state index >= 15 is 0 Å². The number of thiophene rings is 1. The Morgan fingerprint density at radius 1 is 1.14 bits per heavy atom. The van der Waals surface area contributed by atoms with Gasteiger partial charge in [-0.05, 0) is 43.5 Å². The SMILES string of the molecule is Cc1sc(C)c(C(=O)O)c1Cc1ccc(C(F)(F)F)cc1. The van der Waals surface area contributed by atoms with Crippen LogP contribution in [0.1, 0.15) is 36.8 Å². The number of alkyl halides is 3. The molecule has 2 aromatic rings. The van der Waals surface area contributed by atoms with Crippen molar-refractivity contribution in [2.45, 2.75) is 26.4 Å². The van der Waals surface area contributed by atoms with Gasteiger partial charge in [0.2, 0.25) is 0 Å². The minimum absolute atomic E-state index is 0.261. The van der Waals surface area contributed by atoms with Gasteiger partial charge in [-0.1, -0.05) is 12.1 Å². The number of hydrogen-bond donors (Lipinski definition) is 1. The van der Waals surface area contributed by atoms with Crippen molar-refractivity contribution in [2.75, 3.05) is 0 Å². The zero-order chi connectivity index (χ0) is 15.8. The first-order valence-electron chi connectivity index (χ1n) is 6.18. The van der Waals surface area contributed by atoms with Gasteiger partial charge in [0.1, 0.15) is 0 Å². The van der Waals surface area contributed by atoms with Crippen molar-refractivity contribution >= 4 is 17.3 Å². The molecule has 6 heteroatoms. The molecule has 0 fully saturated rings. The number of benzene rings is 1. The second-order valence-corrected chi connectivity index (χ2v) is 6.17. The lowest BCUT2D eigenvalue weighted by molar-refractivity contribution is -0.137. The Morgan fingerprint density at radius 2 is 1.71 bits per heavy atom. The summed E-state index contributed by atoms with van der Waals surface area (Å²) in [5.74, 6) is -1.00. The lowest BCUT2D eigenvalue weighted by Crippen LogP contribution is -2.05. The standard InChI is InChI=1S/C15H13F3O2S/c1-8-12(13(14(19)20)9(2)21-8)7-10-3-5-11(6-4-10)15(16,17)18/h3-6H,7H2,1-2H3,(H,19,20). The first-order valence-corrected chi connectivity index (χ1v) is 7.00. The molecule has 1 N–H and O–H groups in total. The highest BCUT2D eigenvalue weighted by atomic mass is 32.1. The molecule has 0 aliphatic carbocycles. The average molecular weight is 314 g/mol. The van der Waals surface area contributed by atoms with Crippen molar-refractivity contribution in [1.82, 2.24) is 0 Å². The molecule has 0 radical (unpaired) electrons. The monoisotopic (exact) mass is 314 g/mol. The Kier molecular flexibility index (Phi) is 4.09. The Balaban J connectivity index is 2.33. The Morgan fingerprint density at radius 3 is 2.19 bits per heavy atom. The van der Waals surface area contributed by atoms with Crippen molar-refractivity contribution in [3.05, 3.63) is 56.3 Å². The highest BCUT2D eigenvalue weighted by molar-refractivity contribution is 7.12. The summed E-state index contributed by atoms with van der Waals surface area (Å²) in [6.07, 6.45) is -4.05. The second kappa shape index (κ2) is 5.52. The van der Waals surface area contributed by atoms with E-state index in [1.807, 2.05) is 6.92 Å². The van der Waals surface area contributed by atoms with Crippen LogP contribution in [-0.4, -0.2) is 11.1 Å². The number of halogens is 3. The van der Waals surface area contributed by atoms with Gasteiger partial charge in [-0.15, -0.1) is 11.3 Å². The van der Waals surface area contributed by atoms with Gasteiger partial charge in [0.25, 0.3) is 0 Å². The van der Waals surface area contributed by atoms with Crippen molar-refractivity contribution < 1.29 is 23.1 Å². The topological polar surface area (TPSA) is 37.3 Å². The molecule has 0 aliphatic rings. The fourth-order valence-corrected chi connectivity index (χ4v) is 3.31. The highest BCUT2D eigenvalue weighted by Gasteiger charge is 2.30. The first-order chi connectivity index (χ1) is 9.70. The maximum absolute atomic E-state index is 12.5. The molecule has 1 aromatic heterocycles. The fraction of sp³-hybridized carbons (Fsp3) is 0.267. The summed E-state index contributed by atoms with van der Waals surface area (Å²) < 4.78 is 37.5. The summed E-state index contributed by atoms with van der Waals surface area (Å²) in [4.78, 5) is 12.9. The summed E-state index contributed by atoms with van der Waals surface area (Å²) in [6.45, 7) is 3.56. The molecule has 0 unspecified atom stereocenters. The third-order valence-corrected chi connectivity index (χ3v) is 4.32. The molecule has 1 aromatic carbocycles. The van der Waals surface area contributed by atoms with Crippen molar-refractivity contribution in [3.8, 4) is 0 Å². The van der Waals surface area contributed by atoms with Crippen LogP contribution < -0.4 is 0 Å². The molecule has 0 spiro atoms. The maximum atomic E-state index is 12.5. The van der Waals surface area contributed by atoms with Gasteiger partial charge in [-0.25, -0.2) is 4.79 Å². The maximum Gasteiger partial charge on any atom is 0.416 e. The van der Waals surface area contributed by atoms with Gasteiger partial charge in [0.15, 0.2) is 0 Å². The van der Waals surface area contributed by atoms with Gasteiger partial charge in [-0.3, -0.25) is 0 Å². The molecule has 0 saturated carbocycles. The van der Waals surface area contributed by atoms with Crippen LogP contribution >= 0.6 is 11.3 Å². The third-order valence-electron chi connectivity index (χ3n) is 3.26. The fourth-order valence-electron chi connectivity index (χ4n) is 2.24. The van der Waals surface area contributed by atoms with Crippen LogP contribution in [0.4, 0.5) is 13.2 Å². The molecule has 112 valence electrons. The minimum atomic E-state index is -4.36. The molecule has 0 saturated heterocycles. The van der Waals surface area contributed by atoms with Crippen molar-refractivity contribution in [2.24, 2.45) is 0 Å². The van der Waals surface area contributed by atoms with Crippen LogP contribution in [0.5, 0.6) is 0 Å². The van der Waals surface area contributed by atoms with Gasteiger partial charge in [-0.2, -0.15) is 13.2 Å². The Bertz CT molecular complexity index is 669. The zero-order valence-electron chi connectivity index (χ0n) is 11.4. The van der Waals surface area contributed by atoms with Gasteiger partial charge < -0.3 is 5.11 Å². The highest BCUT2D eigenvalue weighted by Crippen LogP contribution is 2.32. The largest absolute Gasteiger partial charge is 0.478 e. The Hall–Kier alpha value is -1.82. The summed E-state index contributed by atoms with van der Waals surface area (Å²) in [5.41, 5.74) is 0.886. The van der Waals surface area contributed by atoms with E-state index in [1.54, 1.807) is 6.92 Å². The van der Waals surface area contributed by atoms with Crippen molar-refractivity contribution in [3.63, 3.8) is 0 Å². The minimum Gasteiger partial charge on any atom is -0.478 e. The summed E-state index contributed by atoms with van der Waals surface area (Å²) >= 11 is 1.39. The molecule has 1 heterocycles. The van der Waals surface area contributed by atoms with Gasteiger partial charge in [0, 0.05) is 9.75 Å². The van der Waals surface area contributed by atoms with Crippen molar-refractivity contribution in [1.29, 1.82) is 0 Å². The molecule has 0 bridgehead atoms. The summed E-state index contributed by atoms with van der Waals surface area (Å²) in [7, 11) is 0. The van der Waals surface area contributed by atoms with E-state index in [0.717, 1.165) is 17.0 Å². The van der Waals surface area contributed by atoms with Crippen LogP contribution in [0.2, 0.25) is 0 Å². The van der Waals surface area contributed by atoms with Crippen LogP contribution in [-0.2, 0) is 12.6 Å². The molecule has 0 atom stereocenters. The van der Waals surface area contributed by atoms with E-state index in [0.29, 0.717) is 22.4 Å². The van der Waals surface area contributed by atoms with Crippen LogP contribution in [0.25, 0.3) is 0 Å². The van der Waals surface area contributed by atoms with Crippen LogP contribution in [0.15, 0.2) is 24.3 Å². The molecule has 21 heavy (non-hydrogen) atoms. The smallest absolute Gasteiger partial charge is 0.416 e. The Labute approximate surface area is 123 Å². The van der Waals surface area contributed by atoms with Gasteiger partial charge in [0.05, 0.1) is 11.1 Å². The van der Waals surface area contributed by atoms with E-state index in [2.05, 4.69) is 0 Å². The lowest BCUT2D eigenvalue weighted by Gasteiger charge is -2.08. The zero-order valence-corrected chi connectivity index (χ0v) is 12.2. The molecule has 0 aliphatic heterocycles. The molecule has 2 nitrogen and oxygen atoms in total.